The zero-order valence-electron chi connectivity index (χ0n) is 19.4. The molecule has 1 saturated heterocycles. The number of hydrogen-bond donors (Lipinski definition) is 1. The van der Waals surface area contributed by atoms with Crippen molar-refractivity contribution in [1.82, 2.24) is 19.4 Å². The van der Waals surface area contributed by atoms with Crippen LogP contribution in [0, 0.1) is 5.82 Å². The molecule has 1 saturated carbocycles. The van der Waals surface area contributed by atoms with Crippen molar-refractivity contribution < 1.29 is 9.18 Å². The average Bonchev–Trinajstić information content (AvgIpc) is 2.88. The summed E-state index contributed by atoms with van der Waals surface area (Å²) in [5, 5.41) is 3.82. The second-order valence-electron chi connectivity index (χ2n) is 9.30. The molecule has 1 aliphatic heterocycles. The fourth-order valence-corrected chi connectivity index (χ4v) is 6.56. The first-order valence-corrected chi connectivity index (χ1v) is 13.9. The third-order valence-corrected chi connectivity index (χ3v) is 8.85. The van der Waals surface area contributed by atoms with Crippen molar-refractivity contribution >= 4 is 51.9 Å². The van der Waals surface area contributed by atoms with Crippen molar-refractivity contribution in [1.29, 1.82) is 0 Å². The minimum atomic E-state index is -0.607. The highest BCUT2D eigenvalue weighted by Gasteiger charge is 2.29. The number of rotatable bonds is 4. The van der Waals surface area contributed by atoms with Crippen LogP contribution in [0.4, 0.5) is 4.39 Å². The molecule has 3 heterocycles. The Labute approximate surface area is 221 Å². The first-order chi connectivity index (χ1) is 17.3. The van der Waals surface area contributed by atoms with Crippen molar-refractivity contribution in [2.75, 3.05) is 11.5 Å². The van der Waals surface area contributed by atoms with Crippen molar-refractivity contribution in [2.45, 2.75) is 56.7 Å². The molecule has 1 aliphatic carbocycles. The number of pyridine rings is 1. The minimum absolute atomic E-state index is 0.0760. The minimum Gasteiger partial charge on any atom is -0.349 e. The molecule has 190 valence electrons. The van der Waals surface area contributed by atoms with Crippen LogP contribution in [0.1, 0.15) is 61.0 Å². The summed E-state index contributed by atoms with van der Waals surface area (Å²) in [7, 11) is 0. The van der Waals surface area contributed by atoms with E-state index in [2.05, 4.69) is 10.3 Å². The Morgan fingerprint density at radius 3 is 2.36 bits per heavy atom. The Hall–Kier alpha value is -2.36. The van der Waals surface area contributed by atoms with Gasteiger partial charge in [-0.15, -0.1) is 0 Å². The highest BCUT2D eigenvalue weighted by molar-refractivity contribution is 7.99. The maximum atomic E-state index is 14.1. The van der Waals surface area contributed by atoms with E-state index in [1.54, 1.807) is 16.7 Å². The summed E-state index contributed by atoms with van der Waals surface area (Å²) in [4.78, 5) is 43.9. The van der Waals surface area contributed by atoms with Crippen molar-refractivity contribution in [2.24, 2.45) is 0 Å². The van der Waals surface area contributed by atoms with E-state index in [1.807, 2.05) is 11.8 Å². The summed E-state index contributed by atoms with van der Waals surface area (Å²) < 4.78 is 17.0. The summed E-state index contributed by atoms with van der Waals surface area (Å²) in [6.07, 6.45) is 4.93. The van der Waals surface area contributed by atoms with Crippen LogP contribution < -0.4 is 16.6 Å². The average molecular weight is 551 g/mol. The smallest absolute Gasteiger partial charge is 0.333 e. The Bertz CT molecular complexity index is 1430. The van der Waals surface area contributed by atoms with Gasteiger partial charge in [-0.1, -0.05) is 23.2 Å². The Balaban J connectivity index is 1.40. The van der Waals surface area contributed by atoms with Gasteiger partial charge in [-0.05, 0) is 74.3 Å². The molecule has 0 radical (unpaired) electrons. The third kappa shape index (κ3) is 4.93. The van der Waals surface area contributed by atoms with Gasteiger partial charge in [0.05, 0.1) is 21.6 Å². The summed E-state index contributed by atoms with van der Waals surface area (Å²) in [6.45, 7) is 0. The molecule has 11 heteroatoms. The quantitative estimate of drug-likeness (QED) is 0.494. The van der Waals surface area contributed by atoms with Crippen LogP contribution in [-0.4, -0.2) is 37.6 Å². The maximum absolute atomic E-state index is 14.1. The molecular formula is C25H25Cl2FN4O3S. The first-order valence-electron chi connectivity index (χ1n) is 12.0. The predicted molar refractivity (Wildman–Crippen MR) is 141 cm³/mol. The fourth-order valence-electron chi connectivity index (χ4n) is 5.18. The zero-order valence-corrected chi connectivity index (χ0v) is 21.7. The van der Waals surface area contributed by atoms with Gasteiger partial charge in [0.2, 0.25) is 0 Å². The number of halogens is 3. The summed E-state index contributed by atoms with van der Waals surface area (Å²) in [5.41, 5.74) is -0.221. The van der Waals surface area contributed by atoms with Gasteiger partial charge in [0.1, 0.15) is 11.5 Å². The van der Waals surface area contributed by atoms with Crippen LogP contribution >= 0.6 is 35.0 Å². The molecular weight excluding hydrogens is 526 g/mol. The Morgan fingerprint density at radius 1 is 0.972 bits per heavy atom. The van der Waals surface area contributed by atoms with E-state index in [4.69, 9.17) is 23.2 Å². The van der Waals surface area contributed by atoms with E-state index in [1.165, 1.54) is 16.7 Å². The lowest BCUT2D eigenvalue weighted by molar-refractivity contribution is 0.0922. The zero-order chi connectivity index (χ0) is 25.4. The van der Waals surface area contributed by atoms with E-state index in [0.717, 1.165) is 30.5 Å². The van der Waals surface area contributed by atoms with Crippen LogP contribution in [0.3, 0.4) is 0 Å². The van der Waals surface area contributed by atoms with E-state index in [0.29, 0.717) is 41.3 Å². The largest absolute Gasteiger partial charge is 0.349 e. The first kappa shape index (κ1) is 25.3. The van der Waals surface area contributed by atoms with Crippen LogP contribution in [0.15, 0.2) is 40.1 Å². The normalized spacial score (nSPS) is 21.0. The number of aromatic nitrogens is 3. The predicted octanol–water partition coefficient (Wildman–Crippen LogP) is 4.99. The second-order valence-corrected chi connectivity index (χ2v) is 11.3. The van der Waals surface area contributed by atoms with Gasteiger partial charge in [0.25, 0.3) is 11.5 Å². The number of carbonyl (C=O) groups is 1. The number of thioether (sulfide) groups is 1. The Morgan fingerprint density at radius 2 is 1.67 bits per heavy atom. The lowest BCUT2D eigenvalue weighted by atomic mass is 9.90. The lowest BCUT2D eigenvalue weighted by Crippen LogP contribution is -2.46. The molecule has 3 aromatic rings. The molecule has 0 atom stereocenters. The number of amides is 1. The SMILES string of the molecule is O=C(N[C@H]1CC[C@@H](n2c(=O)c3cc(F)cnc3n(C3CCSCC3)c2=O)CC1)c1ccc(Cl)c(Cl)c1. The fraction of sp³-hybridized carbons (Fsp3) is 0.440. The molecule has 1 amide bonds. The van der Waals surface area contributed by atoms with E-state index in [9.17, 15) is 18.8 Å². The van der Waals surface area contributed by atoms with E-state index in [-0.39, 0.29) is 40.8 Å². The maximum Gasteiger partial charge on any atom is 0.333 e. The molecule has 7 nitrogen and oxygen atoms in total. The molecule has 5 rings (SSSR count). The molecule has 36 heavy (non-hydrogen) atoms. The van der Waals surface area contributed by atoms with Gasteiger partial charge in [0, 0.05) is 23.7 Å². The van der Waals surface area contributed by atoms with Gasteiger partial charge in [-0.2, -0.15) is 11.8 Å². The number of fused-ring (bicyclic) bond motifs is 1. The molecule has 0 spiro atoms. The Kier molecular flexibility index (Phi) is 7.42. The van der Waals surface area contributed by atoms with Crippen LogP contribution in [-0.2, 0) is 0 Å². The van der Waals surface area contributed by atoms with Crippen LogP contribution in [0.5, 0.6) is 0 Å². The topological polar surface area (TPSA) is 86.0 Å². The van der Waals surface area contributed by atoms with Gasteiger partial charge >= 0.3 is 5.69 Å². The van der Waals surface area contributed by atoms with Gasteiger partial charge < -0.3 is 5.32 Å². The second kappa shape index (κ2) is 10.6. The molecule has 2 fully saturated rings. The van der Waals surface area contributed by atoms with Crippen LogP contribution in [0.25, 0.3) is 11.0 Å². The monoisotopic (exact) mass is 550 g/mol. The summed E-state index contributed by atoms with van der Waals surface area (Å²) >= 11 is 13.8. The number of nitrogens with zero attached hydrogens (tertiary/aromatic N) is 3. The molecule has 2 aromatic heterocycles. The van der Waals surface area contributed by atoms with Gasteiger partial charge in [-0.25, -0.2) is 14.2 Å². The van der Waals surface area contributed by atoms with Crippen molar-refractivity contribution in [3.8, 4) is 0 Å². The number of benzene rings is 1. The summed E-state index contributed by atoms with van der Waals surface area (Å²) in [6, 6.07) is 5.39. The lowest BCUT2D eigenvalue weighted by Gasteiger charge is -2.31. The molecule has 1 N–H and O–H groups in total. The number of hydrogen-bond acceptors (Lipinski definition) is 5. The number of carbonyl (C=O) groups excluding carboxylic acids is 1. The van der Waals surface area contributed by atoms with E-state index >= 15 is 0 Å². The van der Waals surface area contributed by atoms with Crippen LogP contribution in [0.2, 0.25) is 10.0 Å². The highest BCUT2D eigenvalue weighted by Crippen LogP contribution is 2.30. The van der Waals surface area contributed by atoms with Gasteiger partial charge in [-0.3, -0.25) is 18.7 Å². The third-order valence-electron chi connectivity index (χ3n) is 7.06. The van der Waals surface area contributed by atoms with Crippen molar-refractivity contribution in [3.05, 3.63) is 72.7 Å². The molecule has 0 unspecified atom stereocenters. The van der Waals surface area contributed by atoms with Gasteiger partial charge in [0.15, 0.2) is 0 Å². The summed E-state index contributed by atoms with van der Waals surface area (Å²) in [5.74, 6) is 0.980. The highest BCUT2D eigenvalue weighted by atomic mass is 35.5. The molecule has 2 aliphatic rings. The van der Waals surface area contributed by atoms with Crippen molar-refractivity contribution in [3.63, 3.8) is 0 Å². The standard InChI is InChI=1S/C25H25Cl2FN4O3S/c26-20-6-1-14(11-21(20)27)23(33)30-16-2-4-17(5-3-16)32-24(34)19-12-15(28)13-29-22(19)31(25(32)35)18-7-9-36-10-8-18/h1,6,11-13,16-18H,2-5,7-10H2,(H,30,33)/t16-,17+. The number of nitrogens with one attached hydrogen (secondary N) is 1. The molecule has 1 aromatic carbocycles. The van der Waals surface area contributed by atoms with E-state index < -0.39 is 11.4 Å². The molecule has 0 bridgehead atoms.